The Balaban J connectivity index is 2.60. The maximum atomic E-state index is 12.8. The normalized spacial score (nSPS) is 12.8. The van der Waals surface area contributed by atoms with Gasteiger partial charge in [0.05, 0.1) is 0 Å². The van der Waals surface area contributed by atoms with Crippen LogP contribution in [0.2, 0.25) is 0 Å². The minimum atomic E-state index is -3.68. The third kappa shape index (κ3) is 3.19. The van der Waals surface area contributed by atoms with E-state index in [2.05, 4.69) is 15.0 Å². The zero-order chi connectivity index (χ0) is 15.7. The Labute approximate surface area is 125 Å². The van der Waals surface area contributed by atoms with Crippen LogP contribution in [0, 0.1) is 0 Å². The summed E-state index contributed by atoms with van der Waals surface area (Å²) in [6, 6.07) is 5.40. The molecule has 0 aliphatic rings. The number of hydrogen-bond acceptors (Lipinski definition) is 4. The molecule has 0 radical (unpaired) electrons. The second-order valence-electron chi connectivity index (χ2n) is 5.57. The number of rotatable bonds is 6. The molecule has 0 aliphatic heterocycles. The van der Waals surface area contributed by atoms with Crippen LogP contribution in [0.4, 0.5) is 5.82 Å². The molecule has 0 aromatic carbocycles. The molecule has 0 amide bonds. The van der Waals surface area contributed by atoms with Gasteiger partial charge >= 0.3 is 0 Å². The number of nitrogens with one attached hydrogen (secondary N) is 2. The first kappa shape index (κ1) is 15.8. The quantitative estimate of drug-likeness (QED) is 0.858. The van der Waals surface area contributed by atoms with Crippen molar-refractivity contribution in [1.82, 2.24) is 14.1 Å². The zero-order valence-electron chi connectivity index (χ0n) is 12.8. The standard InChI is InChI=1S/C14H22N4O2S/c1-5-14(3,4)17-21(19,20)13-12(15-6-2)16-11-9-7-8-10-18(11)13/h7-10,15,17H,5-6H2,1-4H3. The first-order valence-corrected chi connectivity index (χ1v) is 8.54. The van der Waals surface area contributed by atoms with E-state index >= 15 is 0 Å². The molecule has 2 N–H and O–H groups in total. The number of nitrogens with zero attached hydrogens (tertiary/aromatic N) is 2. The van der Waals surface area contributed by atoms with E-state index in [0.717, 1.165) is 0 Å². The van der Waals surface area contributed by atoms with Crippen LogP contribution < -0.4 is 10.0 Å². The molecule has 0 unspecified atom stereocenters. The summed E-state index contributed by atoms with van der Waals surface area (Å²) in [4.78, 5) is 4.36. The van der Waals surface area contributed by atoms with Crippen molar-refractivity contribution >= 4 is 21.5 Å². The second-order valence-corrected chi connectivity index (χ2v) is 7.17. The monoisotopic (exact) mass is 310 g/mol. The fourth-order valence-electron chi connectivity index (χ4n) is 2.00. The van der Waals surface area contributed by atoms with Crippen LogP contribution in [0.15, 0.2) is 29.4 Å². The molecule has 21 heavy (non-hydrogen) atoms. The van der Waals surface area contributed by atoms with E-state index in [1.54, 1.807) is 22.7 Å². The zero-order valence-corrected chi connectivity index (χ0v) is 13.7. The first-order valence-electron chi connectivity index (χ1n) is 7.05. The van der Waals surface area contributed by atoms with Crippen LogP contribution in [0.5, 0.6) is 0 Å². The van der Waals surface area contributed by atoms with Crippen molar-refractivity contribution in [2.45, 2.75) is 44.7 Å². The summed E-state index contributed by atoms with van der Waals surface area (Å²) >= 11 is 0. The highest BCUT2D eigenvalue weighted by atomic mass is 32.2. The molecular formula is C14H22N4O2S. The van der Waals surface area contributed by atoms with E-state index in [0.29, 0.717) is 24.4 Å². The summed E-state index contributed by atoms with van der Waals surface area (Å²) in [5.41, 5.74) is 0.0875. The van der Waals surface area contributed by atoms with Crippen LogP contribution in [0.1, 0.15) is 34.1 Å². The van der Waals surface area contributed by atoms with E-state index in [4.69, 9.17) is 0 Å². The Kier molecular flexibility index (Phi) is 4.25. The van der Waals surface area contributed by atoms with Gasteiger partial charge in [-0.2, -0.15) is 0 Å². The van der Waals surface area contributed by atoms with Crippen molar-refractivity contribution < 1.29 is 8.42 Å². The number of hydrogen-bond donors (Lipinski definition) is 2. The molecule has 0 saturated heterocycles. The summed E-state index contributed by atoms with van der Waals surface area (Å²) in [5, 5.41) is 3.18. The van der Waals surface area contributed by atoms with E-state index in [-0.39, 0.29) is 5.03 Å². The number of pyridine rings is 1. The first-order chi connectivity index (χ1) is 9.80. The van der Waals surface area contributed by atoms with Gasteiger partial charge in [-0.1, -0.05) is 13.0 Å². The smallest absolute Gasteiger partial charge is 0.260 e. The molecule has 0 bridgehead atoms. The predicted octanol–water partition coefficient (Wildman–Crippen LogP) is 2.23. The van der Waals surface area contributed by atoms with Gasteiger partial charge in [-0.15, -0.1) is 0 Å². The van der Waals surface area contributed by atoms with Gasteiger partial charge in [0.1, 0.15) is 5.65 Å². The molecule has 116 valence electrons. The Morgan fingerprint density at radius 1 is 1.29 bits per heavy atom. The minimum absolute atomic E-state index is 0.154. The molecule has 2 rings (SSSR count). The van der Waals surface area contributed by atoms with Crippen LogP contribution in [-0.2, 0) is 10.0 Å². The fourth-order valence-corrected chi connectivity index (χ4v) is 3.75. The Morgan fingerprint density at radius 2 is 2.00 bits per heavy atom. The van der Waals surface area contributed by atoms with Gasteiger partial charge in [0.2, 0.25) is 0 Å². The van der Waals surface area contributed by atoms with Crippen molar-refractivity contribution in [1.29, 1.82) is 0 Å². The lowest BCUT2D eigenvalue weighted by atomic mass is 10.0. The van der Waals surface area contributed by atoms with Gasteiger partial charge < -0.3 is 5.32 Å². The van der Waals surface area contributed by atoms with Crippen molar-refractivity contribution in [2.24, 2.45) is 0 Å². The number of aromatic nitrogens is 2. The third-order valence-corrected chi connectivity index (χ3v) is 5.10. The topological polar surface area (TPSA) is 75.5 Å². The molecule has 0 spiro atoms. The highest BCUT2D eigenvalue weighted by Crippen LogP contribution is 2.24. The lowest BCUT2D eigenvalue weighted by Gasteiger charge is -2.24. The number of anilines is 1. The lowest BCUT2D eigenvalue weighted by molar-refractivity contribution is 0.438. The van der Waals surface area contributed by atoms with Crippen LogP contribution in [0.25, 0.3) is 5.65 Å². The van der Waals surface area contributed by atoms with Crippen molar-refractivity contribution in [3.05, 3.63) is 24.4 Å². The SMILES string of the molecule is CCNc1nc2ccccn2c1S(=O)(=O)NC(C)(C)CC. The van der Waals surface area contributed by atoms with Crippen molar-refractivity contribution in [3.63, 3.8) is 0 Å². The average Bonchev–Trinajstić information content (AvgIpc) is 2.76. The summed E-state index contributed by atoms with van der Waals surface area (Å²) < 4.78 is 29.9. The predicted molar refractivity (Wildman–Crippen MR) is 84.0 cm³/mol. The number of sulfonamides is 1. The van der Waals surface area contributed by atoms with E-state index in [1.807, 2.05) is 33.8 Å². The molecule has 0 atom stereocenters. The van der Waals surface area contributed by atoms with E-state index in [9.17, 15) is 8.42 Å². The fraction of sp³-hybridized carbons (Fsp3) is 0.500. The maximum Gasteiger partial charge on any atom is 0.260 e. The van der Waals surface area contributed by atoms with E-state index in [1.165, 1.54) is 0 Å². The molecule has 2 heterocycles. The Morgan fingerprint density at radius 3 is 2.62 bits per heavy atom. The van der Waals surface area contributed by atoms with E-state index < -0.39 is 15.6 Å². The second kappa shape index (κ2) is 5.65. The third-order valence-electron chi connectivity index (χ3n) is 3.38. The maximum absolute atomic E-state index is 12.8. The molecular weight excluding hydrogens is 288 g/mol. The molecule has 7 heteroatoms. The van der Waals surface area contributed by atoms with Gasteiger partial charge in [-0.25, -0.2) is 18.1 Å². The highest BCUT2D eigenvalue weighted by molar-refractivity contribution is 7.89. The Hall–Kier alpha value is -1.60. The van der Waals surface area contributed by atoms with Crippen LogP contribution in [-0.4, -0.2) is 29.9 Å². The van der Waals surface area contributed by atoms with Crippen molar-refractivity contribution in [2.75, 3.05) is 11.9 Å². The van der Waals surface area contributed by atoms with Gasteiger partial charge in [-0.05, 0) is 39.3 Å². The van der Waals surface area contributed by atoms with Gasteiger partial charge in [0.25, 0.3) is 10.0 Å². The average molecular weight is 310 g/mol. The summed E-state index contributed by atoms with van der Waals surface area (Å²) in [6.07, 6.45) is 2.40. The molecule has 2 aromatic rings. The van der Waals surface area contributed by atoms with Gasteiger partial charge in [0.15, 0.2) is 10.8 Å². The van der Waals surface area contributed by atoms with Crippen LogP contribution in [0.3, 0.4) is 0 Å². The summed E-state index contributed by atoms with van der Waals surface area (Å²) in [6.45, 7) is 8.18. The Bertz CT molecular complexity index is 735. The lowest BCUT2D eigenvalue weighted by Crippen LogP contribution is -2.43. The van der Waals surface area contributed by atoms with Gasteiger partial charge in [-0.3, -0.25) is 4.40 Å². The van der Waals surface area contributed by atoms with Crippen LogP contribution >= 0.6 is 0 Å². The minimum Gasteiger partial charge on any atom is -0.368 e. The number of fused-ring (bicyclic) bond motifs is 1. The number of imidazole rings is 1. The molecule has 0 fully saturated rings. The summed E-state index contributed by atoms with van der Waals surface area (Å²) in [5.74, 6) is 0.378. The highest BCUT2D eigenvalue weighted by Gasteiger charge is 2.30. The molecule has 0 saturated carbocycles. The largest absolute Gasteiger partial charge is 0.368 e. The molecule has 0 aliphatic carbocycles. The van der Waals surface area contributed by atoms with Gasteiger partial charge in [0, 0.05) is 18.3 Å². The summed E-state index contributed by atoms with van der Waals surface area (Å²) in [7, 11) is -3.68. The molecule has 2 aromatic heterocycles. The van der Waals surface area contributed by atoms with Crippen molar-refractivity contribution in [3.8, 4) is 0 Å². The molecule has 6 nitrogen and oxygen atoms in total.